The van der Waals surface area contributed by atoms with E-state index >= 15 is 0 Å². The van der Waals surface area contributed by atoms with Gasteiger partial charge < -0.3 is 14.8 Å². The predicted octanol–water partition coefficient (Wildman–Crippen LogP) is 2.91. The van der Waals surface area contributed by atoms with E-state index in [1.165, 1.54) is 0 Å². The van der Waals surface area contributed by atoms with Crippen LogP contribution in [0.4, 0.5) is 11.4 Å². The first kappa shape index (κ1) is 19.0. The Morgan fingerprint density at radius 1 is 1.15 bits per heavy atom. The fourth-order valence-corrected chi connectivity index (χ4v) is 4.16. The van der Waals surface area contributed by atoms with Crippen molar-refractivity contribution in [2.75, 3.05) is 22.7 Å². The van der Waals surface area contributed by atoms with Gasteiger partial charge in [-0.2, -0.15) is 0 Å². The smallest absolute Gasteiger partial charge is 0.248 e. The first-order valence-electron chi connectivity index (χ1n) is 8.56. The van der Waals surface area contributed by atoms with E-state index in [2.05, 4.69) is 5.32 Å². The molecule has 0 unspecified atom stereocenters. The van der Waals surface area contributed by atoms with E-state index in [4.69, 9.17) is 9.47 Å². The fourth-order valence-electron chi connectivity index (χ4n) is 2.95. The van der Waals surface area contributed by atoms with Crippen molar-refractivity contribution >= 4 is 27.3 Å². The second kappa shape index (κ2) is 7.48. The summed E-state index contributed by atoms with van der Waals surface area (Å²) in [4.78, 5) is 12.9. The van der Waals surface area contributed by atoms with Gasteiger partial charge in [0.05, 0.1) is 11.9 Å². The maximum absolute atomic E-state index is 12.9. The molecule has 1 amide bonds. The van der Waals surface area contributed by atoms with Crippen molar-refractivity contribution in [3.05, 3.63) is 48.0 Å². The highest BCUT2D eigenvalue weighted by molar-refractivity contribution is 7.92. The number of nitrogens with one attached hydrogen (secondary N) is 1. The molecule has 1 aliphatic heterocycles. The SMILES string of the molecule is CC[C@@H](C(=O)Nc1ccc2c(c1)OCO2)N(c1ccc(C)cc1)S(C)(=O)=O. The lowest BCUT2D eigenvalue weighted by Gasteiger charge is -2.30. The highest BCUT2D eigenvalue weighted by Crippen LogP contribution is 2.34. The van der Waals surface area contributed by atoms with Crippen LogP contribution in [0.3, 0.4) is 0 Å². The maximum Gasteiger partial charge on any atom is 0.248 e. The average Bonchev–Trinajstić information content (AvgIpc) is 3.07. The number of hydrogen-bond donors (Lipinski definition) is 1. The summed E-state index contributed by atoms with van der Waals surface area (Å²) in [6, 6.07) is 11.2. The van der Waals surface area contributed by atoms with Gasteiger partial charge in [-0.15, -0.1) is 0 Å². The van der Waals surface area contributed by atoms with Crippen LogP contribution >= 0.6 is 0 Å². The van der Waals surface area contributed by atoms with Crippen LogP contribution in [0.15, 0.2) is 42.5 Å². The summed E-state index contributed by atoms with van der Waals surface area (Å²) in [6.45, 7) is 3.83. The number of carbonyl (C=O) groups is 1. The van der Waals surface area contributed by atoms with Gasteiger partial charge in [0.25, 0.3) is 0 Å². The van der Waals surface area contributed by atoms with E-state index in [1.54, 1.807) is 37.3 Å². The molecule has 0 radical (unpaired) electrons. The first-order chi connectivity index (χ1) is 12.8. The molecule has 1 heterocycles. The summed E-state index contributed by atoms with van der Waals surface area (Å²) >= 11 is 0. The van der Waals surface area contributed by atoms with Crippen LogP contribution in [0.25, 0.3) is 0 Å². The minimum absolute atomic E-state index is 0.138. The van der Waals surface area contributed by atoms with Gasteiger partial charge in [0.2, 0.25) is 22.7 Å². The predicted molar refractivity (Wildman–Crippen MR) is 104 cm³/mol. The zero-order valence-electron chi connectivity index (χ0n) is 15.4. The van der Waals surface area contributed by atoms with Crippen molar-refractivity contribution in [1.29, 1.82) is 0 Å². The quantitative estimate of drug-likeness (QED) is 0.820. The van der Waals surface area contributed by atoms with Gasteiger partial charge in [-0.25, -0.2) is 8.42 Å². The number of nitrogens with zero attached hydrogens (tertiary/aromatic N) is 1. The third-order valence-electron chi connectivity index (χ3n) is 4.26. The molecule has 8 heteroatoms. The average molecular weight is 390 g/mol. The van der Waals surface area contributed by atoms with Crippen LogP contribution in [0, 0.1) is 6.92 Å². The molecule has 0 spiro atoms. The van der Waals surface area contributed by atoms with Gasteiger partial charge in [-0.3, -0.25) is 9.10 Å². The number of sulfonamides is 1. The van der Waals surface area contributed by atoms with Crippen molar-refractivity contribution in [3.63, 3.8) is 0 Å². The molecule has 0 saturated heterocycles. The third kappa shape index (κ3) is 4.16. The van der Waals surface area contributed by atoms with E-state index < -0.39 is 22.0 Å². The van der Waals surface area contributed by atoms with Crippen LogP contribution in [-0.4, -0.2) is 33.4 Å². The zero-order chi connectivity index (χ0) is 19.6. The van der Waals surface area contributed by atoms with Gasteiger partial charge in [0, 0.05) is 11.8 Å². The van der Waals surface area contributed by atoms with E-state index in [9.17, 15) is 13.2 Å². The largest absolute Gasteiger partial charge is 0.454 e. The molecule has 0 aromatic heterocycles. The number of benzene rings is 2. The maximum atomic E-state index is 12.9. The number of ether oxygens (including phenoxy) is 2. The second-order valence-electron chi connectivity index (χ2n) is 6.38. The summed E-state index contributed by atoms with van der Waals surface area (Å²) in [7, 11) is -3.66. The summed E-state index contributed by atoms with van der Waals surface area (Å²) in [5, 5.41) is 2.78. The minimum Gasteiger partial charge on any atom is -0.454 e. The normalized spacial score (nSPS) is 13.9. The number of aryl methyl sites for hydroxylation is 1. The molecule has 1 atom stereocenters. The Morgan fingerprint density at radius 3 is 2.44 bits per heavy atom. The Hall–Kier alpha value is -2.74. The second-order valence-corrected chi connectivity index (χ2v) is 8.24. The van der Waals surface area contributed by atoms with Crippen LogP contribution < -0.4 is 19.1 Å². The highest BCUT2D eigenvalue weighted by atomic mass is 32.2. The van der Waals surface area contributed by atoms with Crippen molar-refractivity contribution in [1.82, 2.24) is 0 Å². The number of rotatable bonds is 6. The van der Waals surface area contributed by atoms with Crippen molar-refractivity contribution < 1.29 is 22.7 Å². The molecule has 1 aliphatic rings. The van der Waals surface area contributed by atoms with Gasteiger partial charge in [0.15, 0.2) is 11.5 Å². The number of anilines is 2. The lowest BCUT2D eigenvalue weighted by molar-refractivity contribution is -0.117. The molecule has 0 fully saturated rings. The van der Waals surface area contributed by atoms with Gasteiger partial charge in [-0.05, 0) is 37.6 Å². The summed E-state index contributed by atoms with van der Waals surface area (Å²) in [6.07, 6.45) is 1.42. The Balaban J connectivity index is 1.88. The molecule has 2 aromatic rings. The standard InChI is InChI=1S/C19H22N2O5S/c1-4-16(21(27(3,23)24)15-8-5-13(2)6-9-15)19(22)20-14-7-10-17-18(11-14)26-12-25-17/h5-11,16H,4,12H2,1-3H3,(H,20,22)/t16-/m0/s1. The molecule has 0 saturated carbocycles. The lowest BCUT2D eigenvalue weighted by Crippen LogP contribution is -2.47. The topological polar surface area (TPSA) is 84.9 Å². The van der Waals surface area contributed by atoms with Crippen LogP contribution in [0.2, 0.25) is 0 Å². The fraction of sp³-hybridized carbons (Fsp3) is 0.316. The first-order valence-corrected chi connectivity index (χ1v) is 10.4. The van der Waals surface area contributed by atoms with Crippen LogP contribution in [0.5, 0.6) is 11.5 Å². The summed E-state index contributed by atoms with van der Waals surface area (Å²) in [5.74, 6) is 0.735. The number of amides is 1. The van der Waals surface area contributed by atoms with Crippen LogP contribution in [-0.2, 0) is 14.8 Å². The van der Waals surface area contributed by atoms with E-state index in [-0.39, 0.29) is 6.79 Å². The van der Waals surface area contributed by atoms with Crippen LogP contribution in [0.1, 0.15) is 18.9 Å². The van der Waals surface area contributed by atoms with Crippen molar-refractivity contribution in [2.24, 2.45) is 0 Å². The summed E-state index contributed by atoms with van der Waals surface area (Å²) in [5.41, 5.74) is 1.97. The monoisotopic (exact) mass is 390 g/mol. The Morgan fingerprint density at radius 2 is 1.81 bits per heavy atom. The van der Waals surface area contributed by atoms with E-state index in [0.29, 0.717) is 29.3 Å². The molecule has 0 bridgehead atoms. The van der Waals surface area contributed by atoms with Gasteiger partial charge in [0.1, 0.15) is 6.04 Å². The molecule has 7 nitrogen and oxygen atoms in total. The minimum atomic E-state index is -3.66. The third-order valence-corrected chi connectivity index (χ3v) is 5.44. The van der Waals surface area contributed by atoms with Gasteiger partial charge in [-0.1, -0.05) is 24.6 Å². The number of carbonyl (C=O) groups excluding carboxylic acids is 1. The lowest BCUT2D eigenvalue weighted by atomic mass is 10.1. The Kier molecular flexibility index (Phi) is 5.27. The van der Waals surface area contributed by atoms with Crippen molar-refractivity contribution in [2.45, 2.75) is 26.3 Å². The molecule has 27 heavy (non-hydrogen) atoms. The molecule has 144 valence electrons. The highest BCUT2D eigenvalue weighted by Gasteiger charge is 2.31. The number of fused-ring (bicyclic) bond motifs is 1. The van der Waals surface area contributed by atoms with Gasteiger partial charge >= 0.3 is 0 Å². The Labute approximate surface area is 158 Å². The number of hydrogen-bond acceptors (Lipinski definition) is 5. The van der Waals surface area contributed by atoms with Crippen molar-refractivity contribution in [3.8, 4) is 11.5 Å². The molecular weight excluding hydrogens is 368 g/mol. The van der Waals surface area contributed by atoms with E-state index in [1.807, 2.05) is 19.1 Å². The molecule has 2 aromatic carbocycles. The molecular formula is C19H22N2O5S. The van der Waals surface area contributed by atoms with E-state index in [0.717, 1.165) is 16.1 Å². The Bertz CT molecular complexity index is 941. The zero-order valence-corrected chi connectivity index (χ0v) is 16.2. The summed E-state index contributed by atoms with van der Waals surface area (Å²) < 4.78 is 36.6. The molecule has 0 aliphatic carbocycles. The molecule has 3 rings (SSSR count). The molecule has 1 N–H and O–H groups in total.